The molecule has 1 unspecified atom stereocenters. The summed E-state index contributed by atoms with van der Waals surface area (Å²) < 4.78 is 0. The fraction of sp³-hybridized carbons (Fsp3) is 0.0270. The van der Waals surface area contributed by atoms with Gasteiger partial charge in [-0.2, -0.15) is 0 Å². The highest BCUT2D eigenvalue weighted by atomic mass is 14.5. The summed E-state index contributed by atoms with van der Waals surface area (Å²) in [5.74, 6) is 0. The van der Waals surface area contributed by atoms with Crippen LogP contribution in [0, 0.1) is 5.41 Å². The Morgan fingerprint density at radius 3 is 1.68 bits per heavy atom. The summed E-state index contributed by atoms with van der Waals surface area (Å²) in [6.45, 7) is 0. The SMILES string of the molecule is C1=CC2(C3=Cc4ccccc4C3=C1)C1=Cc3ccccc3C1=CC(c1ccccc1)=C2c1ccccc1. The molecule has 8 rings (SSSR count). The molecule has 0 aromatic heterocycles. The second kappa shape index (κ2) is 7.66. The van der Waals surface area contributed by atoms with Crippen LogP contribution in [0.5, 0.6) is 0 Å². The molecule has 0 saturated carbocycles. The average molecular weight is 469 g/mol. The molecule has 0 N–H and O–H groups in total. The summed E-state index contributed by atoms with van der Waals surface area (Å²) in [6.07, 6.45) is 14.3. The van der Waals surface area contributed by atoms with Gasteiger partial charge in [0.2, 0.25) is 0 Å². The van der Waals surface area contributed by atoms with Gasteiger partial charge >= 0.3 is 0 Å². The minimum Gasteiger partial charge on any atom is -0.0651 e. The molecule has 0 heteroatoms. The van der Waals surface area contributed by atoms with Crippen LogP contribution in [0.1, 0.15) is 33.4 Å². The van der Waals surface area contributed by atoms with Gasteiger partial charge in [0.1, 0.15) is 0 Å². The number of hydrogen-bond donors (Lipinski definition) is 0. The summed E-state index contributed by atoms with van der Waals surface area (Å²) in [5, 5.41) is 0. The molecule has 0 aliphatic heterocycles. The van der Waals surface area contributed by atoms with Crippen molar-refractivity contribution in [3.8, 4) is 0 Å². The number of allylic oxidation sites excluding steroid dienone is 10. The van der Waals surface area contributed by atoms with Gasteiger partial charge in [0, 0.05) is 0 Å². The van der Waals surface area contributed by atoms with E-state index in [4.69, 9.17) is 0 Å². The predicted octanol–water partition coefficient (Wildman–Crippen LogP) is 9.13. The lowest BCUT2D eigenvalue weighted by Crippen LogP contribution is -2.30. The Balaban J connectivity index is 1.52. The van der Waals surface area contributed by atoms with E-state index in [9.17, 15) is 0 Å². The monoisotopic (exact) mass is 468 g/mol. The van der Waals surface area contributed by atoms with E-state index in [1.807, 2.05) is 0 Å². The smallest absolute Gasteiger partial charge is 0.0651 e. The summed E-state index contributed by atoms with van der Waals surface area (Å²) in [6, 6.07) is 39.5. The van der Waals surface area contributed by atoms with Crippen molar-refractivity contribution in [1.29, 1.82) is 0 Å². The highest BCUT2D eigenvalue weighted by Crippen LogP contribution is 2.65. The highest BCUT2D eigenvalue weighted by molar-refractivity contribution is 6.17. The Labute approximate surface area is 217 Å². The molecule has 4 aliphatic carbocycles. The van der Waals surface area contributed by atoms with Gasteiger partial charge in [-0.1, -0.05) is 127 Å². The number of rotatable bonds is 2. The molecule has 0 heterocycles. The lowest BCUT2D eigenvalue weighted by Gasteiger charge is -2.43. The Kier molecular flexibility index (Phi) is 4.24. The molecule has 0 nitrogen and oxygen atoms in total. The van der Waals surface area contributed by atoms with Crippen molar-refractivity contribution in [2.24, 2.45) is 5.41 Å². The van der Waals surface area contributed by atoms with Crippen LogP contribution < -0.4 is 0 Å². The Morgan fingerprint density at radius 1 is 0.459 bits per heavy atom. The number of benzene rings is 4. The van der Waals surface area contributed by atoms with Gasteiger partial charge in [-0.15, -0.1) is 0 Å². The average Bonchev–Trinajstić information content (AvgIpc) is 3.54. The fourth-order valence-electron chi connectivity index (χ4n) is 6.71. The van der Waals surface area contributed by atoms with Gasteiger partial charge in [0.15, 0.2) is 0 Å². The predicted molar refractivity (Wildman–Crippen MR) is 156 cm³/mol. The summed E-state index contributed by atoms with van der Waals surface area (Å²) >= 11 is 0. The van der Waals surface area contributed by atoms with Crippen LogP contribution in [0.15, 0.2) is 145 Å². The zero-order valence-corrected chi connectivity index (χ0v) is 20.4. The van der Waals surface area contributed by atoms with Gasteiger partial charge < -0.3 is 0 Å². The van der Waals surface area contributed by atoms with Crippen molar-refractivity contribution in [2.75, 3.05) is 0 Å². The third kappa shape index (κ3) is 2.79. The molecule has 1 spiro atoms. The zero-order chi connectivity index (χ0) is 24.4. The number of fused-ring (bicyclic) bond motifs is 8. The third-order valence-corrected chi connectivity index (χ3v) is 8.24. The first-order chi connectivity index (χ1) is 18.3. The van der Waals surface area contributed by atoms with E-state index in [1.54, 1.807) is 0 Å². The van der Waals surface area contributed by atoms with Crippen LogP contribution in [-0.4, -0.2) is 0 Å². The second-order valence-electron chi connectivity index (χ2n) is 10.1. The van der Waals surface area contributed by atoms with Gasteiger partial charge in [-0.25, -0.2) is 0 Å². The zero-order valence-electron chi connectivity index (χ0n) is 20.4. The van der Waals surface area contributed by atoms with E-state index in [-0.39, 0.29) is 0 Å². The molecule has 4 aliphatic rings. The molecule has 0 amide bonds. The molecule has 0 radical (unpaired) electrons. The van der Waals surface area contributed by atoms with Crippen LogP contribution in [0.25, 0.3) is 34.4 Å². The van der Waals surface area contributed by atoms with Gasteiger partial charge in [-0.3, -0.25) is 0 Å². The van der Waals surface area contributed by atoms with Crippen molar-refractivity contribution >= 4 is 34.4 Å². The van der Waals surface area contributed by atoms with Gasteiger partial charge in [0.05, 0.1) is 5.41 Å². The molecular formula is C37H24. The van der Waals surface area contributed by atoms with Crippen LogP contribution in [-0.2, 0) is 0 Å². The van der Waals surface area contributed by atoms with E-state index >= 15 is 0 Å². The number of hydrogen-bond acceptors (Lipinski definition) is 0. The molecular weight excluding hydrogens is 444 g/mol. The molecule has 37 heavy (non-hydrogen) atoms. The molecule has 172 valence electrons. The quantitative estimate of drug-likeness (QED) is 0.275. The van der Waals surface area contributed by atoms with E-state index in [0.717, 1.165) is 0 Å². The molecule has 4 aromatic carbocycles. The normalized spacial score (nSPS) is 20.4. The van der Waals surface area contributed by atoms with Crippen molar-refractivity contribution in [3.63, 3.8) is 0 Å². The van der Waals surface area contributed by atoms with E-state index < -0.39 is 5.41 Å². The van der Waals surface area contributed by atoms with Crippen molar-refractivity contribution < 1.29 is 0 Å². The van der Waals surface area contributed by atoms with Gasteiger partial charge in [-0.05, 0) is 85.0 Å². The minimum absolute atomic E-state index is 0.404. The summed E-state index contributed by atoms with van der Waals surface area (Å²) in [7, 11) is 0. The van der Waals surface area contributed by atoms with Crippen molar-refractivity contribution in [3.05, 3.63) is 178 Å². The van der Waals surface area contributed by atoms with Crippen molar-refractivity contribution in [1.82, 2.24) is 0 Å². The molecule has 0 bridgehead atoms. The molecule has 0 saturated heterocycles. The topological polar surface area (TPSA) is 0 Å². The maximum absolute atomic E-state index is 2.45. The maximum Gasteiger partial charge on any atom is 0.0659 e. The second-order valence-corrected chi connectivity index (χ2v) is 10.1. The first kappa shape index (κ1) is 20.5. The fourth-order valence-corrected chi connectivity index (χ4v) is 6.71. The minimum atomic E-state index is -0.404. The van der Waals surface area contributed by atoms with E-state index in [1.165, 1.54) is 66.8 Å². The molecule has 1 atom stereocenters. The highest BCUT2D eigenvalue weighted by Gasteiger charge is 2.50. The third-order valence-electron chi connectivity index (χ3n) is 8.24. The molecule has 4 aromatic rings. The largest absolute Gasteiger partial charge is 0.0659 e. The lowest BCUT2D eigenvalue weighted by atomic mass is 9.58. The van der Waals surface area contributed by atoms with Crippen LogP contribution >= 0.6 is 0 Å². The van der Waals surface area contributed by atoms with Crippen molar-refractivity contribution in [2.45, 2.75) is 0 Å². The molecule has 0 fully saturated rings. The Bertz CT molecular complexity index is 1780. The summed E-state index contributed by atoms with van der Waals surface area (Å²) in [4.78, 5) is 0. The van der Waals surface area contributed by atoms with E-state index in [0.29, 0.717) is 0 Å². The van der Waals surface area contributed by atoms with Crippen LogP contribution in [0.2, 0.25) is 0 Å². The van der Waals surface area contributed by atoms with Crippen LogP contribution in [0.4, 0.5) is 0 Å². The van der Waals surface area contributed by atoms with Crippen LogP contribution in [0.3, 0.4) is 0 Å². The van der Waals surface area contributed by atoms with E-state index in [2.05, 4.69) is 146 Å². The maximum atomic E-state index is 2.45. The first-order valence-electron chi connectivity index (χ1n) is 13.0. The Morgan fingerprint density at radius 2 is 1.00 bits per heavy atom. The first-order valence-corrected chi connectivity index (χ1v) is 13.0. The van der Waals surface area contributed by atoms with Gasteiger partial charge in [0.25, 0.3) is 0 Å². The summed E-state index contributed by atoms with van der Waals surface area (Å²) in [5.41, 5.74) is 15.4. The standard InChI is InChI=1S/C37H24/c1-3-12-25(13-4-1)32-24-33-30-19-10-8-17-28(30)23-35(33)37(36(32)26-14-5-2-6-15-26)21-11-20-31-29-18-9-7-16-27(29)22-34(31)37/h1-24H. The Hall–Kier alpha value is -4.68. The lowest BCUT2D eigenvalue weighted by molar-refractivity contribution is 0.781.